The van der Waals surface area contributed by atoms with Crippen LogP contribution in [0.5, 0.6) is 0 Å². The lowest BCUT2D eigenvalue weighted by Crippen LogP contribution is -2.32. The van der Waals surface area contributed by atoms with Crippen LogP contribution in [-0.4, -0.2) is 20.2 Å². The summed E-state index contributed by atoms with van der Waals surface area (Å²) in [6.45, 7) is 3.68. The van der Waals surface area contributed by atoms with Gasteiger partial charge in [-0.25, -0.2) is 13.1 Å². The first-order valence-electron chi connectivity index (χ1n) is 5.72. The molecule has 0 bridgehead atoms. The second kappa shape index (κ2) is 6.14. The molecule has 0 amide bonds. The van der Waals surface area contributed by atoms with Crippen LogP contribution in [0.3, 0.4) is 0 Å². The van der Waals surface area contributed by atoms with Crippen LogP contribution in [0.1, 0.15) is 31.9 Å². The summed E-state index contributed by atoms with van der Waals surface area (Å²) in [4.78, 5) is 0. The summed E-state index contributed by atoms with van der Waals surface area (Å²) in [5.74, 6) is 0. The van der Waals surface area contributed by atoms with Crippen LogP contribution in [-0.2, 0) is 10.0 Å². The summed E-state index contributed by atoms with van der Waals surface area (Å²) in [7, 11) is -3.18. The lowest BCUT2D eigenvalue weighted by atomic mass is 10.1. The van der Waals surface area contributed by atoms with Crippen molar-refractivity contribution in [1.29, 1.82) is 0 Å². The Morgan fingerprint density at radius 1 is 1.24 bits per heavy atom. The number of nitrogens with one attached hydrogen (secondary N) is 1. The van der Waals surface area contributed by atoms with E-state index in [0.29, 0.717) is 13.0 Å². The first-order chi connectivity index (χ1) is 7.93. The molecule has 96 valence electrons. The highest BCUT2D eigenvalue weighted by atomic mass is 32.2. The molecule has 0 spiro atoms. The van der Waals surface area contributed by atoms with Gasteiger partial charge in [-0.3, -0.25) is 0 Å². The standard InChI is InChI=1S/C12H20N2O2S/c1-10(2)17(15,16)14-9-8-12(13)11-6-4-3-5-7-11/h3-7,10,12,14H,8-9,13H2,1-2H3. The molecule has 1 unspecified atom stereocenters. The van der Waals surface area contributed by atoms with Crippen molar-refractivity contribution in [1.82, 2.24) is 4.72 Å². The van der Waals surface area contributed by atoms with Gasteiger partial charge in [-0.15, -0.1) is 0 Å². The van der Waals surface area contributed by atoms with Crippen LogP contribution in [0, 0.1) is 0 Å². The second-order valence-corrected chi connectivity index (χ2v) is 6.62. The molecule has 0 saturated heterocycles. The molecule has 0 saturated carbocycles. The van der Waals surface area contributed by atoms with E-state index in [1.165, 1.54) is 0 Å². The molecule has 0 aromatic heterocycles. The van der Waals surface area contributed by atoms with Crippen molar-refractivity contribution in [2.45, 2.75) is 31.6 Å². The van der Waals surface area contributed by atoms with E-state index in [-0.39, 0.29) is 6.04 Å². The van der Waals surface area contributed by atoms with Gasteiger partial charge >= 0.3 is 0 Å². The quantitative estimate of drug-likeness (QED) is 0.808. The van der Waals surface area contributed by atoms with E-state index in [9.17, 15) is 8.42 Å². The summed E-state index contributed by atoms with van der Waals surface area (Å²) in [6, 6.07) is 9.54. The van der Waals surface area contributed by atoms with Crippen molar-refractivity contribution in [3.05, 3.63) is 35.9 Å². The number of nitrogens with two attached hydrogens (primary N) is 1. The minimum atomic E-state index is -3.18. The molecule has 17 heavy (non-hydrogen) atoms. The molecule has 0 aliphatic heterocycles. The predicted molar refractivity (Wildman–Crippen MR) is 70.0 cm³/mol. The Hall–Kier alpha value is -0.910. The van der Waals surface area contributed by atoms with Crippen LogP contribution in [0.15, 0.2) is 30.3 Å². The third-order valence-electron chi connectivity index (χ3n) is 2.61. The Kier molecular flexibility index (Phi) is 5.11. The van der Waals surface area contributed by atoms with Gasteiger partial charge < -0.3 is 5.73 Å². The molecule has 1 rings (SSSR count). The maximum atomic E-state index is 11.5. The number of benzene rings is 1. The van der Waals surface area contributed by atoms with E-state index in [1.807, 2.05) is 30.3 Å². The van der Waals surface area contributed by atoms with E-state index in [2.05, 4.69) is 4.72 Å². The van der Waals surface area contributed by atoms with Gasteiger partial charge in [0, 0.05) is 12.6 Å². The molecule has 0 fully saturated rings. The van der Waals surface area contributed by atoms with E-state index in [1.54, 1.807) is 13.8 Å². The average molecular weight is 256 g/mol. The van der Waals surface area contributed by atoms with Gasteiger partial charge in [0.25, 0.3) is 0 Å². The number of hydrogen-bond acceptors (Lipinski definition) is 3. The average Bonchev–Trinajstić information content (AvgIpc) is 2.29. The van der Waals surface area contributed by atoms with E-state index in [0.717, 1.165) is 5.56 Å². The lowest BCUT2D eigenvalue weighted by Gasteiger charge is -2.13. The van der Waals surface area contributed by atoms with Crippen molar-refractivity contribution >= 4 is 10.0 Å². The van der Waals surface area contributed by atoms with Crippen molar-refractivity contribution < 1.29 is 8.42 Å². The number of rotatable bonds is 6. The Morgan fingerprint density at radius 3 is 2.35 bits per heavy atom. The van der Waals surface area contributed by atoms with E-state index in [4.69, 9.17) is 5.73 Å². The van der Waals surface area contributed by atoms with Gasteiger partial charge in [0.2, 0.25) is 10.0 Å². The summed E-state index contributed by atoms with van der Waals surface area (Å²) in [5, 5.41) is -0.407. The van der Waals surface area contributed by atoms with Gasteiger partial charge in [-0.05, 0) is 25.8 Å². The van der Waals surface area contributed by atoms with Gasteiger partial charge in [0.1, 0.15) is 0 Å². The Balaban J connectivity index is 2.43. The third kappa shape index (κ3) is 4.46. The molecule has 0 radical (unpaired) electrons. The zero-order valence-electron chi connectivity index (χ0n) is 10.3. The Labute approximate surface area is 103 Å². The molecule has 1 aromatic rings. The fourth-order valence-corrected chi connectivity index (χ4v) is 2.13. The minimum Gasteiger partial charge on any atom is -0.324 e. The molecule has 0 aliphatic carbocycles. The van der Waals surface area contributed by atoms with Crippen molar-refractivity contribution in [3.63, 3.8) is 0 Å². The maximum absolute atomic E-state index is 11.5. The molecular formula is C12H20N2O2S. The summed E-state index contributed by atoms with van der Waals surface area (Å²) in [6.07, 6.45) is 0.593. The molecule has 0 aliphatic rings. The number of sulfonamides is 1. The zero-order chi connectivity index (χ0) is 12.9. The molecular weight excluding hydrogens is 236 g/mol. The molecule has 0 heterocycles. The van der Waals surface area contributed by atoms with Gasteiger partial charge in [-0.1, -0.05) is 30.3 Å². The fraction of sp³-hybridized carbons (Fsp3) is 0.500. The van der Waals surface area contributed by atoms with E-state index >= 15 is 0 Å². The molecule has 1 atom stereocenters. The largest absolute Gasteiger partial charge is 0.324 e. The molecule has 4 nitrogen and oxygen atoms in total. The van der Waals surface area contributed by atoms with Crippen molar-refractivity contribution in [3.8, 4) is 0 Å². The van der Waals surface area contributed by atoms with Crippen molar-refractivity contribution in [2.24, 2.45) is 5.73 Å². The maximum Gasteiger partial charge on any atom is 0.213 e. The van der Waals surface area contributed by atoms with Gasteiger partial charge in [-0.2, -0.15) is 0 Å². The normalized spacial score (nSPS) is 13.9. The van der Waals surface area contributed by atoms with Crippen LogP contribution >= 0.6 is 0 Å². The first-order valence-corrected chi connectivity index (χ1v) is 7.27. The third-order valence-corrected chi connectivity index (χ3v) is 4.45. The highest BCUT2D eigenvalue weighted by Crippen LogP contribution is 2.12. The van der Waals surface area contributed by atoms with Crippen LogP contribution < -0.4 is 10.5 Å². The van der Waals surface area contributed by atoms with Crippen LogP contribution in [0.25, 0.3) is 0 Å². The monoisotopic (exact) mass is 256 g/mol. The van der Waals surface area contributed by atoms with Crippen LogP contribution in [0.2, 0.25) is 0 Å². The second-order valence-electron chi connectivity index (χ2n) is 4.29. The molecule has 5 heteroatoms. The van der Waals surface area contributed by atoms with E-state index < -0.39 is 15.3 Å². The molecule has 1 aromatic carbocycles. The summed E-state index contributed by atoms with van der Waals surface area (Å²) >= 11 is 0. The zero-order valence-corrected chi connectivity index (χ0v) is 11.1. The van der Waals surface area contributed by atoms with Crippen LogP contribution in [0.4, 0.5) is 0 Å². The smallest absolute Gasteiger partial charge is 0.213 e. The fourth-order valence-electron chi connectivity index (χ4n) is 1.39. The van der Waals surface area contributed by atoms with Crippen molar-refractivity contribution in [2.75, 3.05) is 6.54 Å². The minimum absolute atomic E-state index is 0.133. The summed E-state index contributed by atoms with van der Waals surface area (Å²) < 4.78 is 25.5. The lowest BCUT2D eigenvalue weighted by molar-refractivity contribution is 0.561. The van der Waals surface area contributed by atoms with Gasteiger partial charge in [0.05, 0.1) is 5.25 Å². The number of hydrogen-bond donors (Lipinski definition) is 2. The Morgan fingerprint density at radius 2 is 1.82 bits per heavy atom. The topological polar surface area (TPSA) is 72.2 Å². The predicted octanol–water partition coefficient (Wildman–Crippen LogP) is 1.40. The SMILES string of the molecule is CC(C)S(=O)(=O)NCCC(N)c1ccccc1. The summed E-state index contributed by atoms with van der Waals surface area (Å²) in [5.41, 5.74) is 6.99. The van der Waals surface area contributed by atoms with Gasteiger partial charge in [0.15, 0.2) is 0 Å². The molecule has 3 N–H and O–H groups in total. The highest BCUT2D eigenvalue weighted by molar-refractivity contribution is 7.90. The first kappa shape index (κ1) is 14.2. The Bertz CT molecular complexity index is 429. The highest BCUT2D eigenvalue weighted by Gasteiger charge is 2.15.